The lowest BCUT2D eigenvalue weighted by Crippen LogP contribution is -2.35. The van der Waals surface area contributed by atoms with Gasteiger partial charge < -0.3 is 14.8 Å². The van der Waals surface area contributed by atoms with Gasteiger partial charge in [0.05, 0.1) is 31.2 Å². The molecule has 19 heavy (non-hydrogen) atoms. The Hall–Kier alpha value is -0.970. The third-order valence-electron chi connectivity index (χ3n) is 2.49. The van der Waals surface area contributed by atoms with Crippen LogP contribution in [0.25, 0.3) is 0 Å². The first-order valence-electron chi connectivity index (χ1n) is 6.86. The van der Waals surface area contributed by atoms with Crippen LogP contribution in [0.1, 0.15) is 39.1 Å². The van der Waals surface area contributed by atoms with E-state index in [0.29, 0.717) is 19.8 Å². The summed E-state index contributed by atoms with van der Waals surface area (Å²) in [6.45, 7) is 11.7. The van der Waals surface area contributed by atoms with Crippen molar-refractivity contribution >= 4 is 0 Å². The van der Waals surface area contributed by atoms with Crippen molar-refractivity contribution in [3.05, 3.63) is 29.6 Å². The van der Waals surface area contributed by atoms with E-state index >= 15 is 0 Å². The Kier molecular flexibility index (Phi) is 6.99. The van der Waals surface area contributed by atoms with E-state index in [1.165, 1.54) is 0 Å². The van der Waals surface area contributed by atoms with Crippen molar-refractivity contribution in [3.63, 3.8) is 0 Å². The Bertz CT molecular complexity index is 361. The molecule has 4 nitrogen and oxygen atoms in total. The van der Waals surface area contributed by atoms with Crippen LogP contribution < -0.4 is 5.32 Å². The Balaban J connectivity index is 2.35. The summed E-state index contributed by atoms with van der Waals surface area (Å²) >= 11 is 0. The van der Waals surface area contributed by atoms with Crippen molar-refractivity contribution in [3.8, 4) is 0 Å². The van der Waals surface area contributed by atoms with E-state index in [-0.39, 0.29) is 5.54 Å². The van der Waals surface area contributed by atoms with Crippen molar-refractivity contribution in [2.24, 2.45) is 0 Å². The molecule has 0 aromatic carbocycles. The van der Waals surface area contributed by atoms with E-state index in [2.05, 4.69) is 31.1 Å². The van der Waals surface area contributed by atoms with Gasteiger partial charge >= 0.3 is 0 Å². The average molecular weight is 266 g/mol. The SMILES string of the molecule is CCOCCOCc1cccc(CNC(C)(C)C)n1. The number of pyridine rings is 1. The fraction of sp³-hybridized carbons (Fsp3) is 0.667. The number of hydrogen-bond acceptors (Lipinski definition) is 4. The molecule has 0 unspecified atom stereocenters. The predicted molar refractivity (Wildman–Crippen MR) is 77.0 cm³/mol. The molecule has 1 rings (SSSR count). The molecule has 0 radical (unpaired) electrons. The van der Waals surface area contributed by atoms with Crippen molar-refractivity contribution in [2.75, 3.05) is 19.8 Å². The molecular weight excluding hydrogens is 240 g/mol. The van der Waals surface area contributed by atoms with Crippen LogP contribution in [0.4, 0.5) is 0 Å². The number of nitrogens with one attached hydrogen (secondary N) is 1. The van der Waals surface area contributed by atoms with Crippen LogP contribution in [0.15, 0.2) is 18.2 Å². The van der Waals surface area contributed by atoms with Gasteiger partial charge in [-0.1, -0.05) is 6.07 Å². The maximum atomic E-state index is 5.51. The minimum absolute atomic E-state index is 0.103. The zero-order chi connectivity index (χ0) is 14.1. The number of rotatable bonds is 8. The van der Waals surface area contributed by atoms with E-state index in [0.717, 1.165) is 24.5 Å². The van der Waals surface area contributed by atoms with Gasteiger partial charge in [0.1, 0.15) is 0 Å². The molecule has 0 aliphatic heterocycles. The Morgan fingerprint density at radius 3 is 2.47 bits per heavy atom. The molecule has 0 aliphatic carbocycles. The number of nitrogens with zero attached hydrogens (tertiary/aromatic N) is 1. The first kappa shape index (κ1) is 16.1. The Morgan fingerprint density at radius 2 is 1.79 bits per heavy atom. The lowest BCUT2D eigenvalue weighted by Gasteiger charge is -2.20. The van der Waals surface area contributed by atoms with Gasteiger partial charge in [-0.15, -0.1) is 0 Å². The Labute approximate surface area is 116 Å². The maximum absolute atomic E-state index is 5.51. The van der Waals surface area contributed by atoms with Gasteiger partial charge in [0, 0.05) is 18.7 Å². The van der Waals surface area contributed by atoms with Gasteiger partial charge in [-0.25, -0.2) is 0 Å². The van der Waals surface area contributed by atoms with E-state index in [1.807, 2.05) is 25.1 Å². The molecule has 0 saturated carbocycles. The molecule has 0 saturated heterocycles. The van der Waals surface area contributed by atoms with Gasteiger partial charge in [-0.3, -0.25) is 4.98 Å². The van der Waals surface area contributed by atoms with Gasteiger partial charge in [-0.2, -0.15) is 0 Å². The third-order valence-corrected chi connectivity index (χ3v) is 2.49. The van der Waals surface area contributed by atoms with E-state index in [9.17, 15) is 0 Å². The molecule has 1 heterocycles. The first-order chi connectivity index (χ1) is 9.01. The minimum atomic E-state index is 0.103. The normalized spacial score (nSPS) is 11.8. The second-order valence-corrected chi connectivity index (χ2v) is 5.47. The number of ether oxygens (including phenoxy) is 2. The standard InChI is InChI=1S/C15H26N2O2/c1-5-18-9-10-19-12-14-8-6-7-13(17-14)11-16-15(2,3)4/h6-8,16H,5,9-12H2,1-4H3. The average Bonchev–Trinajstić information content (AvgIpc) is 2.36. The minimum Gasteiger partial charge on any atom is -0.379 e. The van der Waals surface area contributed by atoms with Crippen LogP contribution in [-0.2, 0) is 22.6 Å². The summed E-state index contributed by atoms with van der Waals surface area (Å²) in [6.07, 6.45) is 0. The highest BCUT2D eigenvalue weighted by Crippen LogP contribution is 2.04. The van der Waals surface area contributed by atoms with Crippen molar-refractivity contribution in [2.45, 2.75) is 46.4 Å². The molecule has 0 bridgehead atoms. The van der Waals surface area contributed by atoms with Crippen molar-refractivity contribution in [1.29, 1.82) is 0 Å². The number of aromatic nitrogens is 1. The highest BCUT2D eigenvalue weighted by molar-refractivity contribution is 5.10. The molecular formula is C15H26N2O2. The van der Waals surface area contributed by atoms with Crippen molar-refractivity contribution in [1.82, 2.24) is 10.3 Å². The molecule has 108 valence electrons. The van der Waals surface area contributed by atoms with E-state index < -0.39 is 0 Å². The largest absolute Gasteiger partial charge is 0.379 e. The highest BCUT2D eigenvalue weighted by atomic mass is 16.5. The Morgan fingerprint density at radius 1 is 1.11 bits per heavy atom. The summed E-state index contributed by atoms with van der Waals surface area (Å²) in [6, 6.07) is 6.04. The summed E-state index contributed by atoms with van der Waals surface area (Å²) in [4.78, 5) is 4.57. The number of hydrogen-bond donors (Lipinski definition) is 1. The highest BCUT2D eigenvalue weighted by Gasteiger charge is 2.08. The van der Waals surface area contributed by atoms with E-state index in [4.69, 9.17) is 9.47 Å². The molecule has 0 fully saturated rings. The monoisotopic (exact) mass is 266 g/mol. The second-order valence-electron chi connectivity index (χ2n) is 5.47. The summed E-state index contributed by atoms with van der Waals surface area (Å²) in [5.74, 6) is 0. The molecule has 0 atom stereocenters. The molecule has 1 aromatic rings. The first-order valence-corrected chi connectivity index (χ1v) is 6.86. The van der Waals surface area contributed by atoms with Gasteiger partial charge in [0.2, 0.25) is 0 Å². The lowest BCUT2D eigenvalue weighted by atomic mass is 10.1. The summed E-state index contributed by atoms with van der Waals surface area (Å²) in [5.41, 5.74) is 2.11. The fourth-order valence-electron chi connectivity index (χ4n) is 1.50. The van der Waals surface area contributed by atoms with Crippen molar-refractivity contribution < 1.29 is 9.47 Å². The molecule has 4 heteroatoms. The molecule has 0 aliphatic rings. The third kappa shape index (κ3) is 7.93. The summed E-state index contributed by atoms with van der Waals surface area (Å²) in [5, 5.41) is 3.43. The molecule has 1 N–H and O–H groups in total. The predicted octanol–water partition coefficient (Wildman–Crippen LogP) is 2.52. The van der Waals surface area contributed by atoms with Crippen LogP contribution in [0.3, 0.4) is 0 Å². The van der Waals surface area contributed by atoms with Crippen LogP contribution in [0, 0.1) is 0 Å². The summed E-state index contributed by atoms with van der Waals surface area (Å²) < 4.78 is 10.7. The quantitative estimate of drug-likeness (QED) is 0.734. The zero-order valence-electron chi connectivity index (χ0n) is 12.5. The zero-order valence-corrected chi connectivity index (χ0v) is 12.5. The maximum Gasteiger partial charge on any atom is 0.0889 e. The van der Waals surface area contributed by atoms with Gasteiger partial charge in [-0.05, 0) is 39.8 Å². The second kappa shape index (κ2) is 8.25. The topological polar surface area (TPSA) is 43.4 Å². The fourth-order valence-corrected chi connectivity index (χ4v) is 1.50. The smallest absolute Gasteiger partial charge is 0.0889 e. The van der Waals surface area contributed by atoms with Gasteiger partial charge in [0.25, 0.3) is 0 Å². The molecule has 0 spiro atoms. The molecule has 1 aromatic heterocycles. The van der Waals surface area contributed by atoms with Crippen LogP contribution in [-0.4, -0.2) is 30.3 Å². The van der Waals surface area contributed by atoms with E-state index in [1.54, 1.807) is 0 Å². The van der Waals surface area contributed by atoms with Crippen LogP contribution in [0.5, 0.6) is 0 Å². The van der Waals surface area contributed by atoms with Gasteiger partial charge in [0.15, 0.2) is 0 Å². The van der Waals surface area contributed by atoms with Crippen LogP contribution >= 0.6 is 0 Å². The van der Waals surface area contributed by atoms with Crippen LogP contribution in [0.2, 0.25) is 0 Å². The molecule has 0 amide bonds. The summed E-state index contributed by atoms with van der Waals surface area (Å²) in [7, 11) is 0. The lowest BCUT2D eigenvalue weighted by molar-refractivity contribution is 0.0440.